The first-order chi connectivity index (χ1) is 13.8. The largest absolute Gasteiger partial charge is 0.497 e. The van der Waals surface area contributed by atoms with Crippen LogP contribution in [0.2, 0.25) is 0 Å². The number of para-hydroxylation sites is 1. The summed E-state index contributed by atoms with van der Waals surface area (Å²) in [6.45, 7) is -1.06. The van der Waals surface area contributed by atoms with E-state index in [-0.39, 0.29) is 5.75 Å². The molecular formula is C21H24F2O6. The van der Waals surface area contributed by atoms with Crippen molar-refractivity contribution in [3.8, 4) is 11.5 Å². The Hall–Kier alpha value is -2.26. The van der Waals surface area contributed by atoms with Gasteiger partial charge in [0.2, 0.25) is 0 Å². The Balaban J connectivity index is 1.87. The van der Waals surface area contributed by atoms with Gasteiger partial charge in [-0.25, -0.2) is 8.78 Å². The molecule has 1 fully saturated rings. The third kappa shape index (κ3) is 4.20. The molecule has 6 nitrogen and oxygen atoms in total. The van der Waals surface area contributed by atoms with Crippen LogP contribution in [0.25, 0.3) is 0 Å². The van der Waals surface area contributed by atoms with E-state index < -0.39 is 42.9 Å². The molecule has 2 aromatic carbocycles. The minimum atomic E-state index is -3.76. The number of aliphatic hydroxyl groups is 4. The summed E-state index contributed by atoms with van der Waals surface area (Å²) in [5.74, 6) is -4.92. The van der Waals surface area contributed by atoms with Gasteiger partial charge in [-0.1, -0.05) is 30.3 Å². The molecular weight excluding hydrogens is 386 g/mol. The predicted octanol–water partition coefficient (Wildman–Crippen LogP) is 1.37. The van der Waals surface area contributed by atoms with Gasteiger partial charge in [0.05, 0.1) is 25.7 Å². The number of aliphatic hydroxyl groups excluding tert-OH is 4. The monoisotopic (exact) mass is 410 g/mol. The fourth-order valence-corrected chi connectivity index (χ4v) is 3.53. The summed E-state index contributed by atoms with van der Waals surface area (Å²) in [6.07, 6.45) is -7.62. The molecule has 4 N–H and O–H groups in total. The molecule has 0 heterocycles. The summed E-state index contributed by atoms with van der Waals surface area (Å²) in [6, 6.07) is 13.8. The molecule has 8 heteroatoms. The second-order valence-electron chi connectivity index (χ2n) is 7.11. The van der Waals surface area contributed by atoms with Crippen LogP contribution in [-0.2, 0) is 6.42 Å². The van der Waals surface area contributed by atoms with Crippen molar-refractivity contribution >= 4 is 0 Å². The van der Waals surface area contributed by atoms with Gasteiger partial charge in [0.25, 0.3) is 5.92 Å². The molecule has 5 atom stereocenters. The lowest BCUT2D eigenvalue weighted by Gasteiger charge is -2.45. The van der Waals surface area contributed by atoms with Crippen molar-refractivity contribution in [2.75, 3.05) is 13.7 Å². The van der Waals surface area contributed by atoms with Crippen molar-refractivity contribution in [2.45, 2.75) is 36.8 Å². The summed E-state index contributed by atoms with van der Waals surface area (Å²) in [5, 5.41) is 39.2. The van der Waals surface area contributed by atoms with Gasteiger partial charge in [-0.2, -0.15) is 0 Å². The van der Waals surface area contributed by atoms with Crippen LogP contribution in [0.3, 0.4) is 0 Å². The lowest BCUT2D eigenvalue weighted by molar-refractivity contribution is -0.266. The van der Waals surface area contributed by atoms with Gasteiger partial charge in [-0.3, -0.25) is 0 Å². The van der Waals surface area contributed by atoms with Crippen molar-refractivity contribution in [2.24, 2.45) is 5.92 Å². The molecule has 0 spiro atoms. The third-order valence-electron chi connectivity index (χ3n) is 5.27. The van der Waals surface area contributed by atoms with Crippen LogP contribution in [-0.4, -0.2) is 64.5 Å². The van der Waals surface area contributed by atoms with Crippen LogP contribution < -0.4 is 9.47 Å². The summed E-state index contributed by atoms with van der Waals surface area (Å²) in [7, 11) is 1.55. The van der Waals surface area contributed by atoms with Crippen molar-refractivity contribution < 1.29 is 38.7 Å². The Labute approximate surface area is 167 Å². The summed E-state index contributed by atoms with van der Waals surface area (Å²) < 4.78 is 40.2. The minimum absolute atomic E-state index is 0.118. The molecule has 0 radical (unpaired) electrons. The Morgan fingerprint density at radius 3 is 2.21 bits per heavy atom. The molecule has 0 aliphatic heterocycles. The van der Waals surface area contributed by atoms with Crippen LogP contribution in [0.1, 0.15) is 11.1 Å². The van der Waals surface area contributed by atoms with Crippen LogP contribution in [0, 0.1) is 5.92 Å². The molecule has 1 saturated carbocycles. The molecule has 1 aliphatic rings. The fraction of sp³-hybridized carbons (Fsp3) is 0.429. The van der Waals surface area contributed by atoms with Crippen LogP contribution in [0.5, 0.6) is 11.5 Å². The van der Waals surface area contributed by atoms with Gasteiger partial charge in [0.15, 0.2) is 6.10 Å². The van der Waals surface area contributed by atoms with E-state index in [4.69, 9.17) is 9.47 Å². The normalized spacial score (nSPS) is 28.7. The quantitative estimate of drug-likeness (QED) is 0.574. The van der Waals surface area contributed by atoms with Gasteiger partial charge in [-0.15, -0.1) is 0 Å². The van der Waals surface area contributed by atoms with Gasteiger partial charge in [-0.05, 0) is 29.3 Å². The van der Waals surface area contributed by atoms with Crippen molar-refractivity contribution in [1.82, 2.24) is 0 Å². The number of rotatable bonds is 6. The molecule has 29 heavy (non-hydrogen) atoms. The number of methoxy groups -OCH3 is 1. The maximum atomic E-state index is 14.8. The number of hydrogen-bond acceptors (Lipinski definition) is 6. The Morgan fingerprint density at radius 2 is 1.59 bits per heavy atom. The molecule has 158 valence electrons. The highest BCUT2D eigenvalue weighted by Gasteiger charge is 2.62. The van der Waals surface area contributed by atoms with E-state index in [0.717, 1.165) is 5.56 Å². The number of ether oxygens (including phenoxy) is 2. The molecule has 0 amide bonds. The molecule has 0 bridgehead atoms. The molecule has 2 aromatic rings. The van der Waals surface area contributed by atoms with Crippen molar-refractivity contribution in [3.63, 3.8) is 0 Å². The van der Waals surface area contributed by atoms with Crippen molar-refractivity contribution in [3.05, 3.63) is 59.7 Å². The molecule has 1 unspecified atom stereocenters. The maximum Gasteiger partial charge on any atom is 0.294 e. The third-order valence-corrected chi connectivity index (χ3v) is 5.27. The standard InChI is InChI=1S/C21H24F2O6/c1-28-14-8-6-12(7-9-14)10-13-4-2-3-5-16(13)29-20-19(27)18(26)17(25)15(11-24)21(20,22)23/h2-9,15,17-20,24-27H,10-11H2,1H3/t15?,17-,18+,19-,20+/m1/s1. The smallest absolute Gasteiger partial charge is 0.294 e. The van der Waals surface area contributed by atoms with Crippen molar-refractivity contribution in [1.29, 1.82) is 0 Å². The number of benzene rings is 2. The second kappa shape index (κ2) is 8.62. The highest BCUT2D eigenvalue weighted by Crippen LogP contribution is 2.41. The van der Waals surface area contributed by atoms with Gasteiger partial charge in [0.1, 0.15) is 23.7 Å². The topological polar surface area (TPSA) is 99.4 Å². The SMILES string of the molecule is COc1ccc(Cc2ccccc2O[C@H]2[C@H](O)[C@@H](O)[C@H](O)C(CO)C2(F)F)cc1. The van der Waals surface area contributed by atoms with E-state index in [1.807, 2.05) is 12.1 Å². The molecule has 3 rings (SSSR count). The highest BCUT2D eigenvalue weighted by molar-refractivity contribution is 5.39. The first-order valence-corrected chi connectivity index (χ1v) is 9.20. The predicted molar refractivity (Wildman–Crippen MR) is 100 cm³/mol. The highest BCUT2D eigenvalue weighted by atomic mass is 19.3. The van der Waals surface area contributed by atoms with Crippen LogP contribution in [0.4, 0.5) is 8.78 Å². The molecule has 1 aliphatic carbocycles. The zero-order valence-electron chi connectivity index (χ0n) is 15.8. The Kier molecular flexibility index (Phi) is 6.38. The number of alkyl halides is 2. The lowest BCUT2D eigenvalue weighted by atomic mass is 9.78. The fourth-order valence-electron chi connectivity index (χ4n) is 3.53. The number of halogens is 2. The van der Waals surface area contributed by atoms with E-state index in [9.17, 15) is 29.2 Å². The van der Waals surface area contributed by atoms with Gasteiger partial charge < -0.3 is 29.9 Å². The van der Waals surface area contributed by atoms with E-state index in [1.165, 1.54) is 6.07 Å². The first kappa shape index (κ1) is 21.4. The van der Waals surface area contributed by atoms with E-state index in [0.29, 0.717) is 17.7 Å². The number of hydrogen-bond donors (Lipinski definition) is 4. The zero-order valence-corrected chi connectivity index (χ0v) is 15.8. The van der Waals surface area contributed by atoms with E-state index in [1.54, 1.807) is 37.4 Å². The van der Waals surface area contributed by atoms with E-state index in [2.05, 4.69) is 0 Å². The summed E-state index contributed by atoms with van der Waals surface area (Å²) in [5.41, 5.74) is 1.49. The lowest BCUT2D eigenvalue weighted by Crippen LogP contribution is -2.67. The van der Waals surface area contributed by atoms with Crippen LogP contribution >= 0.6 is 0 Å². The first-order valence-electron chi connectivity index (χ1n) is 9.20. The van der Waals surface area contributed by atoms with Crippen LogP contribution in [0.15, 0.2) is 48.5 Å². The molecule has 0 saturated heterocycles. The second-order valence-corrected chi connectivity index (χ2v) is 7.11. The van der Waals surface area contributed by atoms with Gasteiger partial charge >= 0.3 is 0 Å². The average Bonchev–Trinajstić information content (AvgIpc) is 2.71. The van der Waals surface area contributed by atoms with E-state index >= 15 is 0 Å². The Bertz CT molecular complexity index is 813. The molecule has 0 aromatic heterocycles. The average molecular weight is 410 g/mol. The summed E-state index contributed by atoms with van der Waals surface area (Å²) in [4.78, 5) is 0. The minimum Gasteiger partial charge on any atom is -0.497 e. The van der Waals surface area contributed by atoms with Gasteiger partial charge in [0, 0.05) is 6.42 Å². The summed E-state index contributed by atoms with van der Waals surface area (Å²) >= 11 is 0. The zero-order chi connectivity index (χ0) is 21.2. The Morgan fingerprint density at radius 1 is 0.931 bits per heavy atom. The maximum absolute atomic E-state index is 14.8.